The van der Waals surface area contributed by atoms with Crippen LogP contribution in [0.15, 0.2) is 41.0 Å². The summed E-state index contributed by atoms with van der Waals surface area (Å²) < 4.78 is 12.0. The Hall–Kier alpha value is -1.46. The quantitative estimate of drug-likeness (QED) is 0.583. The van der Waals surface area contributed by atoms with Crippen LogP contribution in [0.1, 0.15) is 12.8 Å². The van der Waals surface area contributed by atoms with Gasteiger partial charge in [-0.1, -0.05) is 17.3 Å². The van der Waals surface area contributed by atoms with Crippen LogP contribution in [0.3, 0.4) is 0 Å². The molecule has 0 aromatic heterocycles. The van der Waals surface area contributed by atoms with E-state index in [1.165, 1.54) is 0 Å². The summed E-state index contributed by atoms with van der Waals surface area (Å²) in [6, 6.07) is 0.528. The molecule has 0 amide bonds. The van der Waals surface area contributed by atoms with Gasteiger partial charge in [-0.25, -0.2) is 0 Å². The van der Waals surface area contributed by atoms with Crippen LogP contribution in [-0.2, 0) is 9.47 Å². The summed E-state index contributed by atoms with van der Waals surface area (Å²) in [4.78, 5) is 2.50. The molecule has 3 fully saturated rings. The van der Waals surface area contributed by atoms with Crippen molar-refractivity contribution in [2.75, 3.05) is 20.7 Å². The van der Waals surface area contributed by atoms with Crippen LogP contribution < -0.4 is 0 Å². The van der Waals surface area contributed by atoms with Gasteiger partial charge in [0.15, 0.2) is 11.9 Å². The highest BCUT2D eigenvalue weighted by Crippen LogP contribution is 2.66. The maximum absolute atomic E-state index is 9.49. The summed E-state index contributed by atoms with van der Waals surface area (Å²) >= 11 is 0. The molecule has 1 saturated carbocycles. The van der Waals surface area contributed by atoms with Crippen LogP contribution in [-0.4, -0.2) is 48.7 Å². The van der Waals surface area contributed by atoms with E-state index in [9.17, 15) is 5.21 Å². The van der Waals surface area contributed by atoms with E-state index in [-0.39, 0.29) is 23.9 Å². The van der Waals surface area contributed by atoms with Crippen LogP contribution in [0.4, 0.5) is 0 Å². The largest absolute Gasteiger partial charge is 0.493 e. The Morgan fingerprint density at radius 1 is 1.38 bits per heavy atom. The first kappa shape index (κ1) is 16.0. The van der Waals surface area contributed by atoms with E-state index in [1.54, 1.807) is 7.11 Å². The second-order valence-electron chi connectivity index (χ2n) is 7.49. The smallest absolute Gasteiger partial charge is 0.156 e. The molecule has 6 atom stereocenters. The molecule has 5 nitrogen and oxygen atoms in total. The first-order valence-electron chi connectivity index (χ1n) is 8.44. The van der Waals surface area contributed by atoms with E-state index >= 15 is 0 Å². The summed E-state index contributed by atoms with van der Waals surface area (Å²) in [5, 5.41) is 13.0. The lowest BCUT2D eigenvalue weighted by molar-refractivity contribution is -0.0763. The Morgan fingerprint density at radius 2 is 2.21 bits per heavy atom. The van der Waals surface area contributed by atoms with E-state index in [1.807, 2.05) is 6.08 Å². The zero-order chi connectivity index (χ0) is 15.8. The summed E-state index contributed by atoms with van der Waals surface area (Å²) in [6.07, 6.45) is 10.6. The highest BCUT2D eigenvalue weighted by Gasteiger charge is 2.69. The maximum Gasteiger partial charge on any atom is 0.156 e. The fourth-order valence-electron chi connectivity index (χ4n) is 5.94. The molecular weight excluding hydrogens is 328 g/mol. The SMILES string of the molecule is COC1=C2O[C@H]3C(=NO)C=C[C@H]4[C@H]5CC(C=C1)C2[C@@]34CCN5C.Cl. The van der Waals surface area contributed by atoms with Gasteiger partial charge in [-0.05, 0) is 44.5 Å². The van der Waals surface area contributed by atoms with E-state index in [0.717, 1.165) is 30.9 Å². The zero-order valence-corrected chi connectivity index (χ0v) is 14.7. The van der Waals surface area contributed by atoms with Crippen LogP contribution >= 0.6 is 12.4 Å². The molecule has 6 heteroatoms. The van der Waals surface area contributed by atoms with Crippen molar-refractivity contribution in [1.82, 2.24) is 4.90 Å². The van der Waals surface area contributed by atoms with Gasteiger partial charge in [0.25, 0.3) is 0 Å². The minimum absolute atomic E-state index is 0. The van der Waals surface area contributed by atoms with Crippen LogP contribution in [0.25, 0.3) is 0 Å². The van der Waals surface area contributed by atoms with Crippen LogP contribution in [0.2, 0.25) is 0 Å². The van der Waals surface area contributed by atoms with Gasteiger partial charge >= 0.3 is 0 Å². The third kappa shape index (κ3) is 1.67. The van der Waals surface area contributed by atoms with Gasteiger partial charge in [0.05, 0.1) is 7.11 Å². The third-order valence-corrected chi connectivity index (χ3v) is 6.85. The van der Waals surface area contributed by atoms with Gasteiger partial charge in [-0.15, -0.1) is 12.4 Å². The minimum Gasteiger partial charge on any atom is -0.493 e. The number of oxime groups is 1. The normalized spacial score (nSPS) is 46.4. The van der Waals surface area contributed by atoms with Crippen molar-refractivity contribution < 1.29 is 14.7 Å². The van der Waals surface area contributed by atoms with Crippen LogP contribution in [0, 0.1) is 23.2 Å². The van der Waals surface area contributed by atoms with Crippen molar-refractivity contribution in [3.63, 3.8) is 0 Å². The number of rotatable bonds is 1. The van der Waals surface area contributed by atoms with Gasteiger partial charge in [0.1, 0.15) is 11.5 Å². The lowest BCUT2D eigenvalue weighted by Gasteiger charge is -2.59. The first-order chi connectivity index (χ1) is 11.2. The predicted molar refractivity (Wildman–Crippen MR) is 92.2 cm³/mol. The lowest BCUT2D eigenvalue weighted by Crippen LogP contribution is -2.64. The molecule has 2 bridgehead atoms. The predicted octanol–water partition coefficient (Wildman–Crippen LogP) is 2.58. The van der Waals surface area contributed by atoms with Crippen molar-refractivity contribution in [3.8, 4) is 0 Å². The molecule has 3 aliphatic carbocycles. The summed E-state index contributed by atoms with van der Waals surface area (Å²) in [6.45, 7) is 1.07. The second kappa shape index (κ2) is 5.27. The van der Waals surface area contributed by atoms with Crippen molar-refractivity contribution in [3.05, 3.63) is 35.8 Å². The highest BCUT2D eigenvalue weighted by molar-refractivity contribution is 6.00. The number of likely N-dealkylation sites (tertiary alicyclic amines) is 1. The number of halogens is 1. The maximum atomic E-state index is 9.49. The molecule has 0 aromatic rings. The number of allylic oxidation sites excluding steroid dienone is 3. The molecule has 2 heterocycles. The van der Waals surface area contributed by atoms with E-state index in [2.05, 4.69) is 35.3 Å². The van der Waals surface area contributed by atoms with E-state index in [4.69, 9.17) is 9.47 Å². The fourth-order valence-corrected chi connectivity index (χ4v) is 5.94. The molecule has 0 radical (unpaired) electrons. The minimum atomic E-state index is -0.161. The summed E-state index contributed by atoms with van der Waals surface area (Å²) in [5.41, 5.74) is 0.655. The summed E-state index contributed by atoms with van der Waals surface area (Å²) in [7, 11) is 3.93. The van der Waals surface area contributed by atoms with Crippen molar-refractivity contribution in [1.29, 1.82) is 0 Å². The Kier molecular flexibility index (Phi) is 3.52. The van der Waals surface area contributed by atoms with Crippen molar-refractivity contribution in [2.24, 2.45) is 28.3 Å². The topological polar surface area (TPSA) is 54.3 Å². The third-order valence-electron chi connectivity index (χ3n) is 6.85. The molecule has 24 heavy (non-hydrogen) atoms. The molecule has 0 aromatic carbocycles. The van der Waals surface area contributed by atoms with Crippen LogP contribution in [0.5, 0.6) is 0 Å². The number of methoxy groups -OCH3 is 1. The number of piperidine rings is 1. The van der Waals surface area contributed by atoms with Crippen molar-refractivity contribution in [2.45, 2.75) is 25.0 Å². The molecule has 5 rings (SSSR count). The number of ether oxygens (including phenoxy) is 2. The second-order valence-corrected chi connectivity index (χ2v) is 7.49. The fraction of sp³-hybridized carbons (Fsp3) is 0.611. The standard InChI is InChI=1S/C18H22N2O3.ClH/c1-20-8-7-18-11-4-5-12(19-21)17(18)23-16-14(22-2)6-3-10(15(16)18)9-13(11)20;/h3-6,10-11,13,15,17,21H,7-9H2,1-2H3;1H/t10?,11-,13+,15?,17-,18-;/m0./s1. The molecule has 2 unspecified atom stereocenters. The van der Waals surface area contributed by atoms with Gasteiger partial charge in [0.2, 0.25) is 0 Å². The molecular formula is C18H23ClN2O3. The molecule has 1 spiro atoms. The van der Waals surface area contributed by atoms with Crippen molar-refractivity contribution >= 4 is 18.1 Å². The molecule has 2 aliphatic heterocycles. The average Bonchev–Trinajstić information content (AvgIpc) is 2.92. The number of hydrogen-bond donors (Lipinski definition) is 1. The van der Waals surface area contributed by atoms with E-state index in [0.29, 0.717) is 29.5 Å². The van der Waals surface area contributed by atoms with Gasteiger partial charge < -0.3 is 19.6 Å². The van der Waals surface area contributed by atoms with E-state index < -0.39 is 0 Å². The Labute approximate surface area is 148 Å². The van der Waals surface area contributed by atoms with Gasteiger partial charge in [0, 0.05) is 23.3 Å². The molecule has 130 valence electrons. The van der Waals surface area contributed by atoms with Gasteiger partial charge in [-0.2, -0.15) is 0 Å². The monoisotopic (exact) mass is 350 g/mol. The number of hydrogen-bond acceptors (Lipinski definition) is 5. The molecule has 2 saturated heterocycles. The number of nitrogens with zero attached hydrogens (tertiary/aromatic N) is 2. The average molecular weight is 351 g/mol. The Bertz CT molecular complexity index is 686. The summed E-state index contributed by atoms with van der Waals surface area (Å²) in [5.74, 6) is 3.07. The molecule has 1 N–H and O–H groups in total. The molecule has 5 aliphatic rings. The Balaban J connectivity index is 0.00000146. The first-order valence-corrected chi connectivity index (χ1v) is 8.44. The Morgan fingerprint density at radius 3 is 2.96 bits per heavy atom. The highest BCUT2D eigenvalue weighted by atomic mass is 35.5. The van der Waals surface area contributed by atoms with Gasteiger partial charge in [-0.3, -0.25) is 0 Å². The zero-order valence-electron chi connectivity index (χ0n) is 13.9. The lowest BCUT2D eigenvalue weighted by atomic mass is 9.48.